The highest BCUT2D eigenvalue weighted by molar-refractivity contribution is 6.21. The molecule has 0 saturated heterocycles. The van der Waals surface area contributed by atoms with Gasteiger partial charge in [-0.15, -0.1) is 11.6 Å². The van der Waals surface area contributed by atoms with E-state index in [2.05, 4.69) is 18.2 Å². The molecule has 0 unspecified atom stereocenters. The Labute approximate surface area is 123 Å². The van der Waals surface area contributed by atoms with Gasteiger partial charge in [0.05, 0.1) is 11.4 Å². The van der Waals surface area contributed by atoms with Gasteiger partial charge in [-0.25, -0.2) is 4.99 Å². The van der Waals surface area contributed by atoms with E-state index in [9.17, 15) is 0 Å². The maximum atomic E-state index is 6.60. The molecule has 1 aliphatic carbocycles. The maximum absolute atomic E-state index is 6.60. The van der Waals surface area contributed by atoms with Gasteiger partial charge in [0.25, 0.3) is 0 Å². The summed E-state index contributed by atoms with van der Waals surface area (Å²) in [5, 5.41) is -0.130. The number of ether oxygens (including phenoxy) is 1. The third kappa shape index (κ3) is 1.83. The van der Waals surface area contributed by atoms with Crippen molar-refractivity contribution in [3.63, 3.8) is 0 Å². The Morgan fingerprint density at radius 1 is 1.00 bits per heavy atom. The summed E-state index contributed by atoms with van der Waals surface area (Å²) in [5.74, 6) is 0.721. The number of benzene rings is 2. The molecule has 2 nitrogen and oxygen atoms in total. The predicted molar refractivity (Wildman–Crippen MR) is 80.4 cm³/mol. The molecular formula is C17H14ClNO. The lowest BCUT2D eigenvalue weighted by Crippen LogP contribution is -2.33. The van der Waals surface area contributed by atoms with Crippen LogP contribution in [0.5, 0.6) is 0 Å². The largest absolute Gasteiger partial charge is 0.470 e. The summed E-state index contributed by atoms with van der Waals surface area (Å²) in [6, 6.07) is 18.5. The first-order valence-electron chi connectivity index (χ1n) is 6.85. The van der Waals surface area contributed by atoms with Crippen molar-refractivity contribution >= 4 is 17.5 Å². The Bertz CT molecular complexity index is 668. The van der Waals surface area contributed by atoms with Crippen LogP contribution in [-0.2, 0) is 11.2 Å². The molecule has 3 atom stereocenters. The van der Waals surface area contributed by atoms with E-state index in [0.717, 1.165) is 17.9 Å². The average molecular weight is 284 g/mol. The second-order valence-corrected chi connectivity index (χ2v) is 5.72. The Balaban J connectivity index is 1.69. The zero-order chi connectivity index (χ0) is 13.5. The van der Waals surface area contributed by atoms with E-state index in [1.807, 2.05) is 36.4 Å². The zero-order valence-electron chi connectivity index (χ0n) is 10.9. The molecule has 1 heterocycles. The number of rotatable bonds is 1. The lowest BCUT2D eigenvalue weighted by Gasteiger charge is -2.29. The maximum Gasteiger partial charge on any atom is 0.216 e. The highest BCUT2D eigenvalue weighted by Crippen LogP contribution is 2.40. The normalized spacial score (nSPS) is 27.2. The molecule has 0 spiro atoms. The van der Waals surface area contributed by atoms with Crippen LogP contribution in [0.4, 0.5) is 0 Å². The molecule has 0 radical (unpaired) electrons. The molecule has 4 rings (SSSR count). The lowest BCUT2D eigenvalue weighted by molar-refractivity contribution is 0.178. The molecule has 0 aromatic heterocycles. The van der Waals surface area contributed by atoms with Crippen molar-refractivity contribution in [3.05, 3.63) is 71.3 Å². The first-order valence-corrected chi connectivity index (χ1v) is 7.28. The summed E-state index contributed by atoms with van der Waals surface area (Å²) in [4.78, 5) is 4.74. The lowest BCUT2D eigenvalue weighted by atomic mass is 9.86. The second kappa shape index (κ2) is 4.64. The van der Waals surface area contributed by atoms with Crippen molar-refractivity contribution in [2.75, 3.05) is 0 Å². The topological polar surface area (TPSA) is 21.6 Å². The van der Waals surface area contributed by atoms with E-state index in [0.29, 0.717) is 0 Å². The molecule has 2 aromatic rings. The first-order chi connectivity index (χ1) is 9.83. The van der Waals surface area contributed by atoms with Crippen LogP contribution < -0.4 is 0 Å². The minimum Gasteiger partial charge on any atom is -0.470 e. The van der Waals surface area contributed by atoms with Crippen molar-refractivity contribution in [2.24, 2.45) is 4.99 Å². The molecular weight excluding hydrogens is 270 g/mol. The summed E-state index contributed by atoms with van der Waals surface area (Å²) in [7, 11) is 0. The van der Waals surface area contributed by atoms with Crippen molar-refractivity contribution in [3.8, 4) is 0 Å². The van der Waals surface area contributed by atoms with Gasteiger partial charge in [0.2, 0.25) is 5.90 Å². The third-order valence-electron chi connectivity index (χ3n) is 4.00. The zero-order valence-corrected chi connectivity index (χ0v) is 11.6. The van der Waals surface area contributed by atoms with Crippen LogP contribution in [-0.4, -0.2) is 18.0 Å². The molecule has 0 bridgehead atoms. The van der Waals surface area contributed by atoms with E-state index >= 15 is 0 Å². The minimum absolute atomic E-state index is 0.0539. The number of halogens is 1. The van der Waals surface area contributed by atoms with E-state index < -0.39 is 0 Å². The van der Waals surface area contributed by atoms with Gasteiger partial charge >= 0.3 is 0 Å². The highest BCUT2D eigenvalue weighted by atomic mass is 35.5. The molecule has 0 N–H and O–H groups in total. The summed E-state index contributed by atoms with van der Waals surface area (Å²) in [6.07, 6.45) is 0.849. The summed E-state index contributed by atoms with van der Waals surface area (Å²) < 4.78 is 6.04. The fourth-order valence-electron chi connectivity index (χ4n) is 2.99. The molecule has 0 amide bonds. The fraction of sp³-hybridized carbons (Fsp3) is 0.235. The van der Waals surface area contributed by atoms with Crippen LogP contribution >= 0.6 is 11.6 Å². The van der Waals surface area contributed by atoms with Gasteiger partial charge in [-0.1, -0.05) is 42.5 Å². The average Bonchev–Trinajstić information content (AvgIpc) is 2.93. The SMILES string of the molecule is Cl[C@@H]1c2ccccc2C[C@H]2N=C(c3ccccc3)O[C@@H]12. The van der Waals surface area contributed by atoms with Gasteiger partial charge in [-0.05, 0) is 29.7 Å². The van der Waals surface area contributed by atoms with Crippen molar-refractivity contribution in [1.82, 2.24) is 0 Å². The number of fused-ring (bicyclic) bond motifs is 2. The highest BCUT2D eigenvalue weighted by Gasteiger charge is 2.41. The number of aliphatic imine (C=N–C) groups is 1. The third-order valence-corrected chi connectivity index (χ3v) is 4.48. The van der Waals surface area contributed by atoms with E-state index in [-0.39, 0.29) is 17.5 Å². The smallest absolute Gasteiger partial charge is 0.216 e. The van der Waals surface area contributed by atoms with Crippen molar-refractivity contribution in [1.29, 1.82) is 0 Å². The Morgan fingerprint density at radius 2 is 1.75 bits per heavy atom. The number of alkyl halides is 1. The van der Waals surface area contributed by atoms with Crippen molar-refractivity contribution < 1.29 is 4.74 Å². The Kier molecular flexibility index (Phi) is 2.78. The second-order valence-electron chi connectivity index (χ2n) is 5.25. The van der Waals surface area contributed by atoms with E-state index in [1.165, 1.54) is 11.1 Å². The van der Waals surface area contributed by atoms with Gasteiger partial charge in [-0.2, -0.15) is 0 Å². The quantitative estimate of drug-likeness (QED) is 0.731. The van der Waals surface area contributed by atoms with Gasteiger partial charge < -0.3 is 4.74 Å². The number of hydrogen-bond acceptors (Lipinski definition) is 2. The van der Waals surface area contributed by atoms with Crippen LogP contribution in [0.2, 0.25) is 0 Å². The van der Waals surface area contributed by atoms with E-state index in [4.69, 9.17) is 21.3 Å². The molecule has 2 aliphatic rings. The van der Waals surface area contributed by atoms with Crippen LogP contribution in [0, 0.1) is 0 Å². The summed E-state index contributed by atoms with van der Waals surface area (Å²) in [6.45, 7) is 0. The number of nitrogens with zero attached hydrogens (tertiary/aromatic N) is 1. The van der Waals surface area contributed by atoms with Gasteiger partial charge in [0.15, 0.2) is 0 Å². The van der Waals surface area contributed by atoms with E-state index in [1.54, 1.807) is 0 Å². The standard InChI is InChI=1S/C17H14ClNO/c18-15-13-9-5-4-8-12(13)10-14-16(15)20-17(19-14)11-6-2-1-3-7-11/h1-9,14-16H,10H2/t14-,15-,16-/m1/s1. The van der Waals surface area contributed by atoms with Crippen molar-refractivity contribution in [2.45, 2.75) is 23.9 Å². The van der Waals surface area contributed by atoms with Gasteiger partial charge in [0.1, 0.15) is 6.10 Å². The summed E-state index contributed by atoms with van der Waals surface area (Å²) >= 11 is 6.60. The molecule has 2 aromatic carbocycles. The molecule has 0 fully saturated rings. The summed E-state index contributed by atoms with van der Waals surface area (Å²) in [5.41, 5.74) is 3.49. The minimum atomic E-state index is -0.130. The number of hydrogen-bond donors (Lipinski definition) is 0. The first kappa shape index (κ1) is 12.0. The Hall–Kier alpha value is -1.80. The molecule has 20 heavy (non-hydrogen) atoms. The van der Waals surface area contributed by atoms with Crippen LogP contribution in [0.1, 0.15) is 22.1 Å². The molecule has 0 saturated carbocycles. The van der Waals surface area contributed by atoms with Gasteiger partial charge in [0, 0.05) is 5.56 Å². The molecule has 1 aliphatic heterocycles. The monoisotopic (exact) mass is 283 g/mol. The predicted octanol–water partition coefficient (Wildman–Crippen LogP) is 3.74. The van der Waals surface area contributed by atoms with Gasteiger partial charge in [-0.3, -0.25) is 0 Å². The molecule has 100 valence electrons. The fourth-order valence-corrected chi connectivity index (χ4v) is 3.43. The van der Waals surface area contributed by atoms with Crippen LogP contribution in [0.15, 0.2) is 59.6 Å². The van der Waals surface area contributed by atoms with Crippen LogP contribution in [0.3, 0.4) is 0 Å². The Morgan fingerprint density at radius 3 is 2.60 bits per heavy atom. The molecule has 3 heteroatoms. The van der Waals surface area contributed by atoms with Crippen LogP contribution in [0.25, 0.3) is 0 Å².